The van der Waals surface area contributed by atoms with Gasteiger partial charge in [-0.1, -0.05) is 42.5 Å². The molecule has 0 fully saturated rings. The molecule has 4 rings (SSSR count). The van der Waals surface area contributed by atoms with Crippen LogP contribution >= 0.6 is 0 Å². The maximum absolute atomic E-state index is 12.2. The number of methoxy groups -OCH3 is 1. The third kappa shape index (κ3) is 4.51. The fourth-order valence-electron chi connectivity index (χ4n) is 3.55. The van der Waals surface area contributed by atoms with Crippen LogP contribution in [0.25, 0.3) is 11.0 Å². The number of carbonyl (C=O) groups excluding carboxylic acids is 1. The van der Waals surface area contributed by atoms with E-state index in [4.69, 9.17) is 9.72 Å². The Morgan fingerprint density at radius 3 is 2.47 bits per heavy atom. The smallest absolute Gasteiger partial charge is 0.251 e. The molecule has 5 heteroatoms. The number of rotatable bonds is 8. The lowest BCUT2D eigenvalue weighted by Crippen LogP contribution is -2.24. The number of nitrogens with zero attached hydrogens (tertiary/aromatic N) is 2. The summed E-state index contributed by atoms with van der Waals surface area (Å²) in [5.74, 6) is 1.84. The van der Waals surface area contributed by atoms with Gasteiger partial charge in [0.05, 0.1) is 18.1 Å². The summed E-state index contributed by atoms with van der Waals surface area (Å²) in [7, 11) is 1.67. The topological polar surface area (TPSA) is 56.1 Å². The molecular weight excluding hydrogens is 374 g/mol. The van der Waals surface area contributed by atoms with Crippen molar-refractivity contribution in [3.05, 3.63) is 95.8 Å². The Morgan fingerprint density at radius 2 is 1.70 bits per heavy atom. The van der Waals surface area contributed by atoms with Gasteiger partial charge in [0.25, 0.3) is 5.91 Å². The zero-order valence-electron chi connectivity index (χ0n) is 17.0. The number of hydrogen-bond acceptors (Lipinski definition) is 3. The summed E-state index contributed by atoms with van der Waals surface area (Å²) in [6, 6.07) is 25.6. The quantitative estimate of drug-likeness (QED) is 0.445. The molecule has 1 amide bonds. The number of para-hydroxylation sites is 2. The van der Waals surface area contributed by atoms with Gasteiger partial charge in [-0.05, 0) is 48.4 Å². The van der Waals surface area contributed by atoms with Crippen LogP contribution in [0.5, 0.6) is 5.75 Å². The highest BCUT2D eigenvalue weighted by molar-refractivity contribution is 5.94. The first-order valence-electron chi connectivity index (χ1n) is 10.1. The molecule has 0 saturated carbocycles. The Morgan fingerprint density at radius 1 is 0.967 bits per heavy atom. The molecule has 0 bridgehead atoms. The van der Waals surface area contributed by atoms with Crippen LogP contribution in [0.1, 0.15) is 28.2 Å². The number of nitrogens with one attached hydrogen (secondary N) is 1. The number of imidazole rings is 1. The average molecular weight is 399 g/mol. The first kappa shape index (κ1) is 19.7. The Kier molecular flexibility index (Phi) is 6.09. The second-order valence-corrected chi connectivity index (χ2v) is 7.18. The highest BCUT2D eigenvalue weighted by Gasteiger charge is 2.11. The van der Waals surface area contributed by atoms with Crippen molar-refractivity contribution in [1.29, 1.82) is 0 Å². The SMILES string of the molecule is COc1ccc(Cn2c(CCCNC(=O)c3ccccc3)nc3ccccc32)cc1. The van der Waals surface area contributed by atoms with Gasteiger partial charge in [0.15, 0.2) is 0 Å². The standard InChI is InChI=1S/C25H25N3O2/c1-30-21-15-13-19(14-16-21)18-28-23-11-6-5-10-22(23)27-24(28)12-7-17-26-25(29)20-8-3-2-4-9-20/h2-6,8-11,13-16H,7,12,17-18H2,1H3,(H,26,29). The molecule has 1 heterocycles. The van der Waals surface area contributed by atoms with E-state index in [1.807, 2.05) is 60.7 Å². The van der Waals surface area contributed by atoms with Crippen LogP contribution in [0.15, 0.2) is 78.9 Å². The van der Waals surface area contributed by atoms with E-state index < -0.39 is 0 Å². The Hall–Kier alpha value is -3.60. The number of benzene rings is 3. The largest absolute Gasteiger partial charge is 0.497 e. The number of aryl methyl sites for hydroxylation is 1. The van der Waals surface area contributed by atoms with Gasteiger partial charge in [0.2, 0.25) is 0 Å². The first-order chi connectivity index (χ1) is 14.7. The summed E-state index contributed by atoms with van der Waals surface area (Å²) in [5, 5.41) is 2.99. The van der Waals surface area contributed by atoms with Crippen molar-refractivity contribution in [3.63, 3.8) is 0 Å². The molecule has 1 aromatic heterocycles. The predicted octanol–water partition coefficient (Wildman–Crippen LogP) is 4.46. The van der Waals surface area contributed by atoms with Crippen LogP contribution in [0, 0.1) is 0 Å². The number of aromatic nitrogens is 2. The first-order valence-corrected chi connectivity index (χ1v) is 10.1. The number of hydrogen-bond donors (Lipinski definition) is 1. The molecule has 0 aliphatic heterocycles. The van der Waals surface area contributed by atoms with Gasteiger partial charge in [-0.15, -0.1) is 0 Å². The molecule has 0 radical (unpaired) electrons. The molecule has 0 saturated heterocycles. The Bertz CT molecular complexity index is 1120. The molecular formula is C25H25N3O2. The summed E-state index contributed by atoms with van der Waals surface area (Å²) in [4.78, 5) is 17.1. The number of amides is 1. The van der Waals surface area contributed by atoms with E-state index in [0.29, 0.717) is 12.1 Å². The van der Waals surface area contributed by atoms with E-state index in [0.717, 1.165) is 42.0 Å². The molecule has 0 aliphatic carbocycles. The van der Waals surface area contributed by atoms with Crippen LogP contribution < -0.4 is 10.1 Å². The van der Waals surface area contributed by atoms with Crippen LogP contribution in [0.2, 0.25) is 0 Å². The van der Waals surface area contributed by atoms with Crippen LogP contribution in [-0.2, 0) is 13.0 Å². The minimum absolute atomic E-state index is 0.0395. The predicted molar refractivity (Wildman–Crippen MR) is 119 cm³/mol. The monoisotopic (exact) mass is 399 g/mol. The number of ether oxygens (including phenoxy) is 1. The fourth-order valence-corrected chi connectivity index (χ4v) is 3.55. The van der Waals surface area contributed by atoms with Crippen LogP contribution in [-0.4, -0.2) is 29.1 Å². The van der Waals surface area contributed by atoms with E-state index in [1.165, 1.54) is 5.56 Å². The third-order valence-corrected chi connectivity index (χ3v) is 5.13. The van der Waals surface area contributed by atoms with Crippen molar-refractivity contribution in [2.45, 2.75) is 19.4 Å². The van der Waals surface area contributed by atoms with Crippen molar-refractivity contribution < 1.29 is 9.53 Å². The molecule has 0 spiro atoms. The average Bonchev–Trinajstić information content (AvgIpc) is 3.15. The van der Waals surface area contributed by atoms with Crippen LogP contribution in [0.3, 0.4) is 0 Å². The molecule has 30 heavy (non-hydrogen) atoms. The molecule has 3 aromatic carbocycles. The second-order valence-electron chi connectivity index (χ2n) is 7.18. The summed E-state index contributed by atoms with van der Waals surface area (Å²) in [6.45, 7) is 1.36. The van der Waals surface area contributed by atoms with Gasteiger partial charge in [-0.3, -0.25) is 4.79 Å². The lowest BCUT2D eigenvalue weighted by molar-refractivity contribution is 0.0953. The second kappa shape index (κ2) is 9.27. The molecule has 152 valence electrons. The van der Waals surface area contributed by atoms with E-state index in [9.17, 15) is 4.79 Å². The van der Waals surface area contributed by atoms with Gasteiger partial charge < -0.3 is 14.6 Å². The third-order valence-electron chi connectivity index (χ3n) is 5.13. The Balaban J connectivity index is 1.45. The number of fused-ring (bicyclic) bond motifs is 1. The van der Waals surface area contributed by atoms with E-state index >= 15 is 0 Å². The van der Waals surface area contributed by atoms with Gasteiger partial charge in [0.1, 0.15) is 11.6 Å². The van der Waals surface area contributed by atoms with Crippen molar-refractivity contribution in [2.24, 2.45) is 0 Å². The molecule has 0 atom stereocenters. The minimum atomic E-state index is -0.0395. The van der Waals surface area contributed by atoms with E-state index in [2.05, 4.69) is 28.1 Å². The molecule has 5 nitrogen and oxygen atoms in total. The zero-order valence-corrected chi connectivity index (χ0v) is 17.0. The highest BCUT2D eigenvalue weighted by atomic mass is 16.5. The minimum Gasteiger partial charge on any atom is -0.497 e. The number of carbonyl (C=O) groups is 1. The molecule has 0 aliphatic rings. The molecule has 0 unspecified atom stereocenters. The maximum atomic E-state index is 12.2. The van der Waals surface area contributed by atoms with Gasteiger partial charge >= 0.3 is 0 Å². The molecule has 1 N–H and O–H groups in total. The normalized spacial score (nSPS) is 10.8. The fraction of sp³-hybridized carbons (Fsp3) is 0.200. The van der Waals surface area contributed by atoms with E-state index in [-0.39, 0.29) is 5.91 Å². The van der Waals surface area contributed by atoms with E-state index in [1.54, 1.807) is 7.11 Å². The lowest BCUT2D eigenvalue weighted by atomic mass is 10.2. The Labute approximate surface area is 176 Å². The summed E-state index contributed by atoms with van der Waals surface area (Å²) >= 11 is 0. The summed E-state index contributed by atoms with van der Waals surface area (Å²) in [6.07, 6.45) is 1.62. The zero-order chi connectivity index (χ0) is 20.8. The summed E-state index contributed by atoms with van der Waals surface area (Å²) in [5.41, 5.74) is 3.99. The molecule has 4 aromatic rings. The summed E-state index contributed by atoms with van der Waals surface area (Å²) < 4.78 is 7.52. The van der Waals surface area contributed by atoms with Gasteiger partial charge in [-0.2, -0.15) is 0 Å². The van der Waals surface area contributed by atoms with Crippen molar-refractivity contribution in [3.8, 4) is 5.75 Å². The maximum Gasteiger partial charge on any atom is 0.251 e. The van der Waals surface area contributed by atoms with Crippen molar-refractivity contribution >= 4 is 16.9 Å². The van der Waals surface area contributed by atoms with Crippen molar-refractivity contribution in [1.82, 2.24) is 14.9 Å². The van der Waals surface area contributed by atoms with Crippen molar-refractivity contribution in [2.75, 3.05) is 13.7 Å². The van der Waals surface area contributed by atoms with Gasteiger partial charge in [0, 0.05) is 25.1 Å². The lowest BCUT2D eigenvalue weighted by Gasteiger charge is -2.11. The highest BCUT2D eigenvalue weighted by Crippen LogP contribution is 2.20. The van der Waals surface area contributed by atoms with Gasteiger partial charge in [-0.25, -0.2) is 4.98 Å². The van der Waals surface area contributed by atoms with Crippen LogP contribution in [0.4, 0.5) is 0 Å².